The Morgan fingerprint density at radius 2 is 1.07 bits per heavy atom. The zero-order valence-corrected chi connectivity index (χ0v) is 16.9. The van der Waals surface area contributed by atoms with E-state index in [4.69, 9.17) is 0 Å². The van der Waals surface area contributed by atoms with Gasteiger partial charge in [-0.1, -0.05) is 66.7 Å². The fraction of sp³-hybridized carbons (Fsp3) is 0.0385. The monoisotopic (exact) mass is 397 g/mol. The van der Waals surface area contributed by atoms with Gasteiger partial charge in [0.05, 0.1) is 11.7 Å². The largest absolute Gasteiger partial charge is 0.478 e. The van der Waals surface area contributed by atoms with E-state index in [0.717, 1.165) is 11.7 Å². The van der Waals surface area contributed by atoms with E-state index in [1.54, 1.807) is 6.07 Å². The summed E-state index contributed by atoms with van der Waals surface area (Å²) < 4.78 is 0. The summed E-state index contributed by atoms with van der Waals surface area (Å²) in [5.74, 6) is -0.894. The molecule has 3 heteroatoms. The quantitative estimate of drug-likeness (QED) is 0.471. The molecule has 0 atom stereocenters. The highest BCUT2D eigenvalue weighted by Crippen LogP contribution is 2.58. The van der Waals surface area contributed by atoms with E-state index in [0.29, 0.717) is 5.56 Å². The van der Waals surface area contributed by atoms with Gasteiger partial charge in [-0.3, -0.25) is 0 Å². The second-order valence-corrected chi connectivity index (χ2v) is 10.5. The molecule has 4 aromatic carbocycles. The van der Waals surface area contributed by atoms with Crippen molar-refractivity contribution in [2.75, 3.05) is 0 Å². The van der Waals surface area contributed by atoms with Gasteiger partial charge < -0.3 is 5.11 Å². The van der Waals surface area contributed by atoms with Gasteiger partial charge in [0.25, 0.3) is 0 Å². The Hall–Kier alpha value is -3.22. The summed E-state index contributed by atoms with van der Waals surface area (Å²) in [6.45, 7) is 0. The molecule has 142 valence electrons. The van der Waals surface area contributed by atoms with Gasteiger partial charge in [0.1, 0.15) is 23.2 Å². The van der Waals surface area contributed by atoms with Crippen LogP contribution in [0.5, 0.6) is 0 Å². The number of benzene rings is 4. The van der Waals surface area contributed by atoms with Crippen LogP contribution in [0, 0.1) is 0 Å². The van der Waals surface area contributed by atoms with Crippen LogP contribution in [0.1, 0.15) is 15.9 Å². The van der Waals surface area contributed by atoms with Crippen molar-refractivity contribution in [2.24, 2.45) is 0 Å². The molecule has 0 radical (unpaired) electrons. The first kappa shape index (κ1) is 19.1. The first-order valence-electron chi connectivity index (χ1n) is 9.57. The summed E-state index contributed by atoms with van der Waals surface area (Å²) in [5, 5.41) is 13.3. The van der Waals surface area contributed by atoms with Crippen molar-refractivity contribution in [1.29, 1.82) is 0 Å². The van der Waals surface area contributed by atoms with Gasteiger partial charge in [0.2, 0.25) is 0 Å². The molecule has 0 aliphatic carbocycles. The van der Waals surface area contributed by atoms with E-state index >= 15 is 0 Å². The third kappa shape index (κ3) is 3.85. The van der Waals surface area contributed by atoms with Crippen LogP contribution in [-0.2, 0) is 6.16 Å². The highest BCUT2D eigenvalue weighted by atomic mass is 31.2. The van der Waals surface area contributed by atoms with E-state index in [-0.39, 0.29) is 0 Å². The summed E-state index contributed by atoms with van der Waals surface area (Å²) in [5.41, 5.74) is 1.37. The van der Waals surface area contributed by atoms with Crippen molar-refractivity contribution in [3.8, 4) is 0 Å². The van der Waals surface area contributed by atoms with E-state index in [1.807, 2.05) is 36.4 Å². The Morgan fingerprint density at radius 3 is 1.48 bits per heavy atom. The van der Waals surface area contributed by atoms with Crippen LogP contribution in [0.3, 0.4) is 0 Å². The molecule has 0 bridgehead atoms. The molecule has 4 aromatic rings. The van der Waals surface area contributed by atoms with Gasteiger partial charge in [-0.15, -0.1) is 0 Å². The number of rotatable bonds is 6. The van der Waals surface area contributed by atoms with E-state index < -0.39 is 13.2 Å². The number of carbonyl (C=O) groups is 1. The zero-order chi connectivity index (χ0) is 20.1. The maximum Gasteiger partial charge on any atom is 0.335 e. The van der Waals surface area contributed by atoms with Crippen LogP contribution in [0.2, 0.25) is 0 Å². The van der Waals surface area contributed by atoms with Crippen LogP contribution in [0.25, 0.3) is 0 Å². The van der Waals surface area contributed by atoms with Crippen molar-refractivity contribution in [2.45, 2.75) is 6.16 Å². The summed E-state index contributed by atoms with van der Waals surface area (Å²) in [7, 11) is -2.02. The fourth-order valence-electron chi connectivity index (χ4n) is 3.85. The molecule has 2 nitrogen and oxygen atoms in total. The molecule has 0 aliphatic heterocycles. The van der Waals surface area contributed by atoms with E-state index in [2.05, 4.69) is 72.8 Å². The maximum atomic E-state index is 11.5. The second-order valence-electron chi connectivity index (χ2n) is 6.98. The minimum Gasteiger partial charge on any atom is -0.478 e. The van der Waals surface area contributed by atoms with Crippen molar-refractivity contribution in [3.05, 3.63) is 126 Å². The molecule has 0 aromatic heterocycles. The Labute approximate surface area is 171 Å². The number of aromatic carboxylic acids is 1. The molecule has 0 spiro atoms. The third-order valence-corrected chi connectivity index (χ3v) is 9.56. The number of carboxylic acid groups (broad SMARTS) is 1. The summed E-state index contributed by atoms with van der Waals surface area (Å²) in [6, 6.07) is 39.2. The van der Waals surface area contributed by atoms with Gasteiger partial charge in [-0.25, -0.2) is 4.79 Å². The van der Waals surface area contributed by atoms with E-state index in [1.165, 1.54) is 15.9 Å². The minimum atomic E-state index is -2.02. The molecule has 29 heavy (non-hydrogen) atoms. The predicted octanol–water partition coefficient (Wildman–Crippen LogP) is 4.88. The Morgan fingerprint density at radius 1 is 0.621 bits per heavy atom. The first-order valence-corrected chi connectivity index (χ1v) is 11.5. The fourth-order valence-corrected chi connectivity index (χ4v) is 8.07. The highest BCUT2D eigenvalue weighted by Gasteiger charge is 2.45. The first-order chi connectivity index (χ1) is 14.2. The molecule has 4 rings (SSSR count). The molecule has 0 unspecified atom stereocenters. The summed E-state index contributed by atoms with van der Waals surface area (Å²) in [6.07, 6.45) is 0.770. The number of carboxylic acids is 1. The third-order valence-electron chi connectivity index (χ3n) is 5.18. The lowest BCUT2D eigenvalue weighted by molar-refractivity contribution is 0.0697. The average molecular weight is 397 g/mol. The molecule has 0 aliphatic rings. The van der Waals surface area contributed by atoms with Crippen molar-refractivity contribution in [3.63, 3.8) is 0 Å². The Balaban J connectivity index is 1.98. The summed E-state index contributed by atoms with van der Waals surface area (Å²) in [4.78, 5) is 11.5. The second kappa shape index (κ2) is 8.43. The Bertz CT molecular complexity index is 996. The average Bonchev–Trinajstić information content (AvgIpc) is 2.79. The van der Waals surface area contributed by atoms with Crippen LogP contribution >= 0.6 is 7.26 Å². The number of hydrogen-bond donors (Lipinski definition) is 1. The lowest BCUT2D eigenvalue weighted by atomic mass is 10.1. The zero-order valence-electron chi connectivity index (χ0n) is 16.0. The lowest BCUT2D eigenvalue weighted by Crippen LogP contribution is -2.32. The lowest BCUT2D eigenvalue weighted by Gasteiger charge is -2.28. The normalized spacial score (nSPS) is 11.2. The van der Waals surface area contributed by atoms with Crippen molar-refractivity contribution in [1.82, 2.24) is 0 Å². The van der Waals surface area contributed by atoms with Gasteiger partial charge in [0, 0.05) is 0 Å². The molecule has 0 fully saturated rings. The molecule has 1 N–H and O–H groups in total. The van der Waals surface area contributed by atoms with Gasteiger partial charge in [-0.2, -0.15) is 0 Å². The molecule has 0 saturated heterocycles. The Kier molecular flexibility index (Phi) is 5.55. The molecular formula is C26H22O2P+. The minimum absolute atomic E-state index is 0.329. The standard InChI is InChI=1S/C26H21O2P/c27-26(28)22-12-10-11-21(19-22)20-29(23-13-4-1-5-14-23,24-15-6-2-7-16-24)25-17-8-3-9-18-25/h1-19H,20H2/p+1. The van der Waals surface area contributed by atoms with Crippen LogP contribution in [0.15, 0.2) is 115 Å². The van der Waals surface area contributed by atoms with Crippen LogP contribution < -0.4 is 15.9 Å². The molecular weight excluding hydrogens is 375 g/mol. The van der Waals surface area contributed by atoms with Crippen LogP contribution in [-0.4, -0.2) is 11.1 Å². The van der Waals surface area contributed by atoms with E-state index in [9.17, 15) is 9.90 Å². The molecule has 0 amide bonds. The SMILES string of the molecule is O=C(O)c1cccc(C[P+](c2ccccc2)(c2ccccc2)c2ccccc2)c1. The predicted molar refractivity (Wildman–Crippen MR) is 122 cm³/mol. The molecule has 0 saturated carbocycles. The van der Waals surface area contributed by atoms with Gasteiger partial charge in [-0.05, 0) is 54.1 Å². The molecule has 0 heterocycles. The highest BCUT2D eigenvalue weighted by molar-refractivity contribution is 7.95. The van der Waals surface area contributed by atoms with Crippen molar-refractivity contribution < 1.29 is 9.90 Å². The topological polar surface area (TPSA) is 37.3 Å². The van der Waals surface area contributed by atoms with Gasteiger partial charge >= 0.3 is 5.97 Å². The number of hydrogen-bond acceptors (Lipinski definition) is 1. The maximum absolute atomic E-state index is 11.5. The van der Waals surface area contributed by atoms with Crippen LogP contribution in [0.4, 0.5) is 0 Å². The van der Waals surface area contributed by atoms with Gasteiger partial charge in [0.15, 0.2) is 0 Å². The summed E-state index contributed by atoms with van der Waals surface area (Å²) >= 11 is 0. The van der Waals surface area contributed by atoms with Crippen molar-refractivity contribution >= 4 is 29.1 Å². The smallest absolute Gasteiger partial charge is 0.335 e.